The summed E-state index contributed by atoms with van der Waals surface area (Å²) in [6.45, 7) is 9.58. The Labute approximate surface area is 157 Å². The molecule has 0 fully saturated rings. The van der Waals surface area contributed by atoms with Crippen LogP contribution in [0.1, 0.15) is 61.8 Å². The monoisotopic (exact) mass is 356 g/mol. The van der Waals surface area contributed by atoms with Crippen molar-refractivity contribution in [2.45, 2.75) is 59.9 Å². The van der Waals surface area contributed by atoms with Gasteiger partial charge in [-0.15, -0.1) is 0 Å². The zero-order valence-electron chi connectivity index (χ0n) is 16.8. The average molecular weight is 357 g/mol. The number of hydrogen-bond donors (Lipinski definition) is 1. The van der Waals surface area contributed by atoms with Crippen LogP contribution in [-0.4, -0.2) is 17.6 Å². The van der Waals surface area contributed by atoms with Gasteiger partial charge in [0.2, 0.25) is 0 Å². The summed E-state index contributed by atoms with van der Waals surface area (Å²) >= 11 is 0. The van der Waals surface area contributed by atoms with E-state index in [9.17, 15) is 4.79 Å². The molecule has 1 heterocycles. The number of hydrogen-bond acceptors (Lipinski definition) is 2. The predicted octanol–water partition coefficient (Wildman–Crippen LogP) is 4.96. The Bertz CT molecular complexity index is 742. The van der Waals surface area contributed by atoms with E-state index in [0.29, 0.717) is 11.5 Å². The largest absolute Gasteiger partial charge is 0.497 e. The molecule has 0 unspecified atom stereocenters. The van der Waals surface area contributed by atoms with E-state index in [1.54, 1.807) is 7.11 Å². The number of aromatic nitrogens is 1. The second-order valence-electron chi connectivity index (χ2n) is 7.31. The van der Waals surface area contributed by atoms with E-state index in [4.69, 9.17) is 10.5 Å². The Morgan fingerprint density at radius 3 is 2.38 bits per heavy atom. The molecule has 142 valence electrons. The summed E-state index contributed by atoms with van der Waals surface area (Å²) in [5, 5.41) is 0. The average Bonchev–Trinajstić information content (AvgIpc) is 2.89. The summed E-state index contributed by atoms with van der Waals surface area (Å²) in [6.07, 6.45) is 4.23. The lowest BCUT2D eigenvalue weighted by Gasteiger charge is -2.14. The number of nitrogens with zero attached hydrogens (tertiary/aromatic N) is 1. The van der Waals surface area contributed by atoms with Gasteiger partial charge in [0.1, 0.15) is 5.75 Å². The van der Waals surface area contributed by atoms with Gasteiger partial charge in [0, 0.05) is 23.5 Å². The minimum atomic E-state index is -0.352. The molecule has 0 aliphatic carbocycles. The van der Waals surface area contributed by atoms with Crippen LogP contribution in [-0.2, 0) is 13.0 Å². The van der Waals surface area contributed by atoms with Crippen molar-refractivity contribution in [3.05, 3.63) is 41.2 Å². The number of ether oxygens (including phenoxy) is 1. The number of amides is 1. The molecule has 0 spiro atoms. The number of benzene rings is 1. The van der Waals surface area contributed by atoms with Crippen LogP contribution in [0.25, 0.3) is 11.1 Å². The van der Waals surface area contributed by atoms with Gasteiger partial charge in [-0.2, -0.15) is 0 Å². The first-order valence-electron chi connectivity index (χ1n) is 9.56. The van der Waals surface area contributed by atoms with Crippen LogP contribution < -0.4 is 10.5 Å². The Hall–Kier alpha value is -2.23. The van der Waals surface area contributed by atoms with Crippen LogP contribution >= 0.6 is 0 Å². The van der Waals surface area contributed by atoms with Gasteiger partial charge in [0.15, 0.2) is 0 Å². The van der Waals surface area contributed by atoms with Crippen molar-refractivity contribution in [3.8, 4) is 16.9 Å². The molecule has 0 radical (unpaired) electrons. The van der Waals surface area contributed by atoms with Gasteiger partial charge in [-0.25, -0.2) is 0 Å². The first kappa shape index (κ1) is 20.1. The quantitative estimate of drug-likeness (QED) is 0.690. The zero-order valence-corrected chi connectivity index (χ0v) is 16.8. The molecular weight excluding hydrogens is 324 g/mol. The summed E-state index contributed by atoms with van der Waals surface area (Å²) in [5.41, 5.74) is 10.7. The van der Waals surface area contributed by atoms with Crippen LogP contribution in [0.2, 0.25) is 0 Å². The molecule has 1 aromatic heterocycles. The molecule has 26 heavy (non-hydrogen) atoms. The van der Waals surface area contributed by atoms with Crippen molar-refractivity contribution in [2.24, 2.45) is 11.7 Å². The van der Waals surface area contributed by atoms with Crippen molar-refractivity contribution in [3.63, 3.8) is 0 Å². The summed E-state index contributed by atoms with van der Waals surface area (Å²) in [6, 6.07) is 7.90. The Kier molecular flexibility index (Phi) is 6.90. The molecule has 1 aromatic carbocycles. The van der Waals surface area contributed by atoms with E-state index in [0.717, 1.165) is 54.8 Å². The third kappa shape index (κ3) is 4.29. The number of carbonyl (C=O) groups is 1. The number of unbranched alkanes of at least 4 members (excludes halogenated alkanes) is 1. The Morgan fingerprint density at radius 2 is 1.88 bits per heavy atom. The molecule has 0 saturated carbocycles. The molecule has 0 aliphatic rings. The van der Waals surface area contributed by atoms with Crippen LogP contribution in [0.3, 0.4) is 0 Å². The molecule has 1 amide bonds. The van der Waals surface area contributed by atoms with Crippen molar-refractivity contribution in [2.75, 3.05) is 7.11 Å². The third-order valence-corrected chi connectivity index (χ3v) is 4.95. The van der Waals surface area contributed by atoms with Crippen LogP contribution in [0.15, 0.2) is 24.3 Å². The van der Waals surface area contributed by atoms with Gasteiger partial charge < -0.3 is 15.0 Å². The van der Waals surface area contributed by atoms with E-state index < -0.39 is 0 Å². The fraction of sp³-hybridized carbons (Fsp3) is 0.500. The van der Waals surface area contributed by atoms with E-state index in [1.165, 1.54) is 5.69 Å². The maximum atomic E-state index is 12.3. The fourth-order valence-electron chi connectivity index (χ4n) is 3.46. The standard InChI is InChI=1S/C22H32N2O2/c1-6-7-8-19-21(17-9-11-18(26-5)12-10-17)20(22(23)25)16(4)24(19)14-13-15(2)3/h9-12,15H,6-8,13-14H2,1-5H3,(H2,23,25). The van der Waals surface area contributed by atoms with Crippen LogP contribution in [0.4, 0.5) is 0 Å². The molecule has 4 heteroatoms. The Balaban J connectivity index is 2.64. The molecule has 0 saturated heterocycles. The van der Waals surface area contributed by atoms with Gasteiger partial charge in [0.25, 0.3) is 5.91 Å². The molecule has 0 aliphatic heterocycles. The van der Waals surface area contributed by atoms with Crippen molar-refractivity contribution < 1.29 is 9.53 Å². The minimum Gasteiger partial charge on any atom is -0.497 e. The fourth-order valence-corrected chi connectivity index (χ4v) is 3.46. The smallest absolute Gasteiger partial charge is 0.251 e. The Morgan fingerprint density at radius 1 is 1.23 bits per heavy atom. The van der Waals surface area contributed by atoms with Gasteiger partial charge in [-0.1, -0.05) is 39.3 Å². The number of primary amides is 1. The first-order chi connectivity index (χ1) is 12.4. The van der Waals surface area contributed by atoms with E-state index in [1.807, 2.05) is 31.2 Å². The molecular formula is C22H32N2O2. The van der Waals surface area contributed by atoms with Crippen molar-refractivity contribution in [1.82, 2.24) is 4.57 Å². The third-order valence-electron chi connectivity index (χ3n) is 4.95. The SMILES string of the molecule is CCCCc1c(-c2ccc(OC)cc2)c(C(N)=O)c(C)n1CCC(C)C. The van der Waals surface area contributed by atoms with Crippen molar-refractivity contribution >= 4 is 5.91 Å². The van der Waals surface area contributed by atoms with Gasteiger partial charge in [-0.3, -0.25) is 4.79 Å². The molecule has 2 rings (SSSR count). The highest BCUT2D eigenvalue weighted by Crippen LogP contribution is 2.35. The maximum absolute atomic E-state index is 12.3. The minimum absolute atomic E-state index is 0.352. The highest BCUT2D eigenvalue weighted by Gasteiger charge is 2.24. The summed E-state index contributed by atoms with van der Waals surface area (Å²) in [7, 11) is 1.66. The maximum Gasteiger partial charge on any atom is 0.251 e. The van der Waals surface area contributed by atoms with Crippen LogP contribution in [0, 0.1) is 12.8 Å². The lowest BCUT2D eigenvalue weighted by molar-refractivity contribution is 0.1000. The van der Waals surface area contributed by atoms with Gasteiger partial charge >= 0.3 is 0 Å². The molecule has 2 N–H and O–H groups in total. The second-order valence-corrected chi connectivity index (χ2v) is 7.31. The number of nitrogens with two attached hydrogens (primary N) is 1. The van der Waals surface area contributed by atoms with Gasteiger partial charge in [0.05, 0.1) is 12.7 Å². The summed E-state index contributed by atoms with van der Waals surface area (Å²) in [4.78, 5) is 12.3. The summed E-state index contributed by atoms with van der Waals surface area (Å²) in [5.74, 6) is 1.06. The zero-order chi connectivity index (χ0) is 19.3. The molecule has 0 bridgehead atoms. The second kappa shape index (κ2) is 8.93. The highest BCUT2D eigenvalue weighted by molar-refractivity contribution is 6.02. The number of carbonyl (C=O) groups excluding carboxylic acids is 1. The first-order valence-corrected chi connectivity index (χ1v) is 9.56. The van der Waals surface area contributed by atoms with Crippen LogP contribution in [0.5, 0.6) is 5.75 Å². The number of methoxy groups -OCH3 is 1. The summed E-state index contributed by atoms with van der Waals surface area (Å²) < 4.78 is 7.59. The molecule has 4 nitrogen and oxygen atoms in total. The van der Waals surface area contributed by atoms with Gasteiger partial charge in [-0.05, 0) is 49.8 Å². The molecule has 2 aromatic rings. The van der Waals surface area contributed by atoms with Crippen molar-refractivity contribution in [1.29, 1.82) is 0 Å². The normalized spacial score (nSPS) is 11.2. The predicted molar refractivity (Wildman–Crippen MR) is 108 cm³/mol. The number of rotatable bonds is 9. The lowest BCUT2D eigenvalue weighted by atomic mass is 9.97. The van der Waals surface area contributed by atoms with E-state index in [-0.39, 0.29) is 5.91 Å². The lowest BCUT2D eigenvalue weighted by Crippen LogP contribution is -2.13. The molecule has 0 atom stereocenters. The van der Waals surface area contributed by atoms with E-state index >= 15 is 0 Å². The van der Waals surface area contributed by atoms with E-state index in [2.05, 4.69) is 25.3 Å². The topological polar surface area (TPSA) is 57.2 Å². The highest BCUT2D eigenvalue weighted by atomic mass is 16.5.